The van der Waals surface area contributed by atoms with Crippen molar-refractivity contribution in [3.63, 3.8) is 0 Å². The van der Waals surface area contributed by atoms with E-state index in [0.717, 1.165) is 19.3 Å². The van der Waals surface area contributed by atoms with Gasteiger partial charge in [-0.15, -0.1) is 0 Å². The topological polar surface area (TPSA) is 49.9 Å². The lowest BCUT2D eigenvalue weighted by atomic mass is 9.84. The summed E-state index contributed by atoms with van der Waals surface area (Å²) in [5.74, 6) is 0.201. The van der Waals surface area contributed by atoms with E-state index in [1.807, 2.05) is 20.8 Å². The van der Waals surface area contributed by atoms with Gasteiger partial charge in [0, 0.05) is 18.5 Å². The summed E-state index contributed by atoms with van der Waals surface area (Å²) in [7, 11) is 0. The van der Waals surface area contributed by atoms with Crippen LogP contribution in [0.1, 0.15) is 60.8 Å². The Morgan fingerprint density at radius 2 is 1.76 bits per heavy atom. The molecule has 0 spiro atoms. The highest BCUT2D eigenvalue weighted by Crippen LogP contribution is 2.41. The molecule has 3 heterocycles. The van der Waals surface area contributed by atoms with Crippen LogP contribution in [0, 0.1) is 11.3 Å². The highest BCUT2D eigenvalue weighted by molar-refractivity contribution is 5.88. The second kappa shape index (κ2) is 6.03. The van der Waals surface area contributed by atoms with E-state index in [2.05, 4.69) is 37.8 Å². The van der Waals surface area contributed by atoms with E-state index < -0.39 is 11.6 Å². The zero-order chi connectivity index (χ0) is 18.6. The summed E-state index contributed by atoms with van der Waals surface area (Å²) in [6, 6.07) is -0.0312. The number of likely N-dealkylation sites (tertiary alicyclic amines) is 1. The minimum Gasteiger partial charge on any atom is -0.444 e. The number of carbonyl (C=O) groups is 2. The molecule has 3 rings (SSSR count). The Morgan fingerprint density at radius 1 is 1.08 bits per heavy atom. The summed E-state index contributed by atoms with van der Waals surface area (Å²) >= 11 is 0. The van der Waals surface area contributed by atoms with Gasteiger partial charge in [-0.3, -0.25) is 9.69 Å². The lowest BCUT2D eigenvalue weighted by molar-refractivity contribution is -0.140. The van der Waals surface area contributed by atoms with Crippen LogP contribution >= 0.6 is 0 Å². The number of ether oxygens (including phenoxy) is 1. The summed E-state index contributed by atoms with van der Waals surface area (Å²) in [6.45, 7) is 12.7. The predicted octanol–water partition coefficient (Wildman–Crippen LogP) is 3.59. The third-order valence-corrected chi connectivity index (χ3v) is 5.59. The number of carbonyl (C=O) groups excluding carboxylic acids is 2. The zero-order valence-corrected chi connectivity index (χ0v) is 16.4. The molecule has 2 amide bonds. The van der Waals surface area contributed by atoms with Crippen LogP contribution in [-0.4, -0.2) is 52.1 Å². The van der Waals surface area contributed by atoms with Crippen LogP contribution in [0.25, 0.3) is 0 Å². The van der Waals surface area contributed by atoms with E-state index in [9.17, 15) is 9.59 Å². The van der Waals surface area contributed by atoms with Gasteiger partial charge in [0.2, 0.25) is 5.91 Å². The summed E-state index contributed by atoms with van der Waals surface area (Å²) < 4.78 is 5.56. The van der Waals surface area contributed by atoms with Gasteiger partial charge in [0.15, 0.2) is 0 Å². The number of amides is 2. The van der Waals surface area contributed by atoms with E-state index in [0.29, 0.717) is 6.54 Å². The molecule has 0 saturated carbocycles. The summed E-state index contributed by atoms with van der Waals surface area (Å²) in [4.78, 5) is 29.9. The Morgan fingerprint density at radius 3 is 2.36 bits per heavy atom. The molecule has 0 radical (unpaired) electrons. The van der Waals surface area contributed by atoms with Crippen molar-refractivity contribution in [2.45, 2.75) is 84.5 Å². The lowest BCUT2D eigenvalue weighted by Gasteiger charge is -2.39. The molecule has 5 nitrogen and oxygen atoms in total. The number of fused-ring (bicyclic) bond motifs is 2. The molecular formula is C20H32N2O3. The van der Waals surface area contributed by atoms with Gasteiger partial charge < -0.3 is 9.64 Å². The van der Waals surface area contributed by atoms with E-state index in [4.69, 9.17) is 4.74 Å². The van der Waals surface area contributed by atoms with Gasteiger partial charge in [0.05, 0.1) is 6.04 Å². The minimum absolute atomic E-state index is 0.0352. The van der Waals surface area contributed by atoms with Crippen LogP contribution in [-0.2, 0) is 9.53 Å². The fraction of sp³-hybridized carbons (Fsp3) is 0.800. The first-order valence-electron chi connectivity index (χ1n) is 9.49. The SMILES string of the molecule is CC(C)(C)OC(=O)N1CC[C@@H]2C=CC3CC[C@@H](C(C)(C)C)N3C(=O)C21. The van der Waals surface area contributed by atoms with Crippen LogP contribution in [0.2, 0.25) is 0 Å². The van der Waals surface area contributed by atoms with Crippen molar-refractivity contribution >= 4 is 12.0 Å². The number of hydrogen-bond acceptors (Lipinski definition) is 3. The van der Waals surface area contributed by atoms with E-state index in [1.165, 1.54) is 0 Å². The maximum absolute atomic E-state index is 13.5. The molecular weight excluding hydrogens is 316 g/mol. The largest absolute Gasteiger partial charge is 0.444 e. The van der Waals surface area contributed by atoms with Gasteiger partial charge >= 0.3 is 6.09 Å². The highest BCUT2D eigenvalue weighted by Gasteiger charge is 2.51. The van der Waals surface area contributed by atoms with Crippen molar-refractivity contribution in [3.8, 4) is 0 Å². The van der Waals surface area contributed by atoms with Crippen molar-refractivity contribution in [1.29, 1.82) is 0 Å². The normalized spacial score (nSPS) is 32.5. The molecule has 2 unspecified atom stereocenters. The predicted molar refractivity (Wildman–Crippen MR) is 97.1 cm³/mol. The number of nitrogens with zero attached hydrogens (tertiary/aromatic N) is 2. The molecule has 0 aliphatic carbocycles. The van der Waals surface area contributed by atoms with E-state index in [1.54, 1.807) is 4.90 Å². The van der Waals surface area contributed by atoms with Crippen LogP contribution in [0.3, 0.4) is 0 Å². The second-order valence-electron chi connectivity index (χ2n) is 9.73. The maximum Gasteiger partial charge on any atom is 0.410 e. The van der Waals surface area contributed by atoms with Gasteiger partial charge in [0.1, 0.15) is 11.6 Å². The van der Waals surface area contributed by atoms with Crippen LogP contribution in [0.4, 0.5) is 4.79 Å². The van der Waals surface area contributed by atoms with E-state index in [-0.39, 0.29) is 35.4 Å². The number of rotatable bonds is 0. The third-order valence-electron chi connectivity index (χ3n) is 5.59. The first kappa shape index (κ1) is 18.3. The molecule has 0 aromatic heterocycles. The van der Waals surface area contributed by atoms with Gasteiger partial charge in [-0.2, -0.15) is 0 Å². The molecule has 2 fully saturated rings. The lowest BCUT2D eigenvalue weighted by Crippen LogP contribution is -2.55. The summed E-state index contributed by atoms with van der Waals surface area (Å²) in [5.41, 5.74) is -0.518. The summed E-state index contributed by atoms with van der Waals surface area (Å²) in [5, 5.41) is 0. The van der Waals surface area contributed by atoms with Crippen molar-refractivity contribution < 1.29 is 14.3 Å². The van der Waals surface area contributed by atoms with Crippen LogP contribution in [0.15, 0.2) is 12.2 Å². The molecule has 140 valence electrons. The van der Waals surface area contributed by atoms with Gasteiger partial charge in [-0.1, -0.05) is 32.9 Å². The van der Waals surface area contributed by atoms with Crippen molar-refractivity contribution in [1.82, 2.24) is 9.80 Å². The summed E-state index contributed by atoms with van der Waals surface area (Å²) in [6.07, 6.45) is 6.86. The van der Waals surface area contributed by atoms with Crippen molar-refractivity contribution in [2.75, 3.05) is 6.54 Å². The number of hydrogen-bond donors (Lipinski definition) is 0. The van der Waals surface area contributed by atoms with Gasteiger partial charge in [0.25, 0.3) is 0 Å². The Balaban J connectivity index is 1.88. The fourth-order valence-corrected chi connectivity index (χ4v) is 4.48. The maximum atomic E-state index is 13.5. The smallest absolute Gasteiger partial charge is 0.410 e. The highest BCUT2D eigenvalue weighted by atomic mass is 16.6. The molecule has 25 heavy (non-hydrogen) atoms. The Hall–Kier alpha value is -1.52. The van der Waals surface area contributed by atoms with Crippen molar-refractivity contribution in [3.05, 3.63) is 12.2 Å². The quantitative estimate of drug-likeness (QED) is 0.629. The third kappa shape index (κ3) is 3.42. The molecule has 0 bridgehead atoms. The first-order chi connectivity index (χ1) is 11.5. The van der Waals surface area contributed by atoms with Gasteiger partial charge in [-0.25, -0.2) is 4.79 Å². The van der Waals surface area contributed by atoms with Crippen molar-refractivity contribution in [2.24, 2.45) is 11.3 Å². The zero-order valence-electron chi connectivity index (χ0n) is 16.4. The molecule has 3 aliphatic heterocycles. The average Bonchev–Trinajstić information content (AvgIpc) is 3.03. The fourth-order valence-electron chi connectivity index (χ4n) is 4.48. The molecule has 0 aromatic carbocycles. The minimum atomic E-state index is -0.553. The van der Waals surface area contributed by atoms with E-state index >= 15 is 0 Å². The van der Waals surface area contributed by atoms with Crippen LogP contribution in [0.5, 0.6) is 0 Å². The standard InChI is InChI=1S/C20H32N2O3/c1-19(2,3)15-10-9-14-8-7-13-11-12-21(16(13)17(23)22(14)15)18(24)25-20(4,5)6/h7-8,13-16H,9-12H2,1-6H3/t13-,14?,15-,16?/m0/s1. The second-order valence-corrected chi connectivity index (χ2v) is 9.73. The van der Waals surface area contributed by atoms with Crippen LogP contribution < -0.4 is 0 Å². The van der Waals surface area contributed by atoms with Gasteiger partial charge in [-0.05, 0) is 45.4 Å². The molecule has 4 atom stereocenters. The Labute approximate surface area is 151 Å². The molecule has 2 saturated heterocycles. The monoisotopic (exact) mass is 348 g/mol. The first-order valence-corrected chi connectivity index (χ1v) is 9.49. The molecule has 5 heteroatoms. The molecule has 0 aromatic rings. The Bertz CT molecular complexity index is 585. The molecule has 3 aliphatic rings. The molecule has 0 N–H and O–H groups in total. The Kier molecular flexibility index (Phi) is 4.41. The average molecular weight is 348 g/mol.